The lowest BCUT2D eigenvalue weighted by atomic mass is 10.2. The summed E-state index contributed by atoms with van der Waals surface area (Å²) in [6.07, 6.45) is 0.829. The second-order valence-corrected chi connectivity index (χ2v) is 4.95. The first-order valence-corrected chi connectivity index (χ1v) is 6.01. The van der Waals surface area contributed by atoms with E-state index in [0.29, 0.717) is 17.0 Å². The Bertz CT molecular complexity index is 802. The lowest BCUT2D eigenvalue weighted by molar-refractivity contribution is 0.0697. The number of carboxylic acid groups (broad SMARTS) is 1. The number of H-pyrrole nitrogens is 1. The van der Waals surface area contributed by atoms with Crippen LogP contribution in [0.25, 0.3) is 11.0 Å². The summed E-state index contributed by atoms with van der Waals surface area (Å²) in [6.45, 7) is 1.99. The van der Waals surface area contributed by atoms with Crippen molar-refractivity contribution < 1.29 is 9.90 Å². The predicted molar refractivity (Wildman–Crippen MR) is 68.6 cm³/mol. The molecule has 1 aromatic carbocycles. The third-order valence-corrected chi connectivity index (χ3v) is 3.56. The monoisotopic (exact) mass is 260 g/mol. The van der Waals surface area contributed by atoms with Gasteiger partial charge in [-0.25, -0.2) is 4.79 Å². The van der Waals surface area contributed by atoms with E-state index in [4.69, 9.17) is 5.11 Å². The van der Waals surface area contributed by atoms with Gasteiger partial charge in [0.25, 0.3) is 0 Å². The van der Waals surface area contributed by atoms with E-state index in [1.807, 2.05) is 6.92 Å². The van der Waals surface area contributed by atoms with Crippen molar-refractivity contribution in [2.45, 2.75) is 19.4 Å². The molecule has 6 nitrogen and oxygen atoms in total. The van der Waals surface area contributed by atoms with Gasteiger partial charge in [0, 0.05) is 6.04 Å². The summed E-state index contributed by atoms with van der Waals surface area (Å²) in [5, 5.41) is 9.01. The largest absolute Gasteiger partial charge is 0.478 e. The molecule has 0 spiro atoms. The van der Waals surface area contributed by atoms with Crippen LogP contribution >= 0.6 is 0 Å². The van der Waals surface area contributed by atoms with E-state index in [2.05, 4.69) is 4.98 Å². The van der Waals surface area contributed by atoms with Gasteiger partial charge in [-0.1, -0.05) is 6.92 Å². The molecule has 1 saturated carbocycles. The van der Waals surface area contributed by atoms with Gasteiger partial charge in [-0.15, -0.1) is 0 Å². The number of fused-ring (bicyclic) bond motifs is 1. The van der Waals surface area contributed by atoms with E-state index in [1.54, 1.807) is 0 Å². The van der Waals surface area contributed by atoms with Gasteiger partial charge in [0.1, 0.15) is 0 Å². The van der Waals surface area contributed by atoms with Gasteiger partial charge in [0.05, 0.1) is 16.6 Å². The summed E-state index contributed by atoms with van der Waals surface area (Å²) in [4.78, 5) is 37.0. The molecule has 0 bridgehead atoms. The number of carbonyl (C=O) groups is 1. The van der Waals surface area contributed by atoms with Crippen molar-refractivity contribution >= 4 is 17.0 Å². The summed E-state index contributed by atoms with van der Waals surface area (Å²) >= 11 is 0. The zero-order valence-corrected chi connectivity index (χ0v) is 10.2. The van der Waals surface area contributed by atoms with Gasteiger partial charge in [0.2, 0.25) is 0 Å². The maximum absolute atomic E-state index is 12.0. The van der Waals surface area contributed by atoms with Crippen LogP contribution in [-0.4, -0.2) is 20.6 Å². The summed E-state index contributed by atoms with van der Waals surface area (Å²) in [5.41, 5.74) is -0.243. The molecule has 19 heavy (non-hydrogen) atoms. The molecule has 2 unspecified atom stereocenters. The lowest BCUT2D eigenvalue weighted by Crippen LogP contribution is -2.36. The summed E-state index contributed by atoms with van der Waals surface area (Å²) in [7, 11) is 0. The quantitative estimate of drug-likeness (QED) is 0.787. The normalized spacial score (nSPS) is 21.5. The van der Waals surface area contributed by atoms with E-state index in [-0.39, 0.29) is 11.6 Å². The van der Waals surface area contributed by atoms with Gasteiger partial charge >= 0.3 is 17.1 Å². The molecule has 98 valence electrons. The Morgan fingerprint density at radius 3 is 2.68 bits per heavy atom. The van der Waals surface area contributed by atoms with Gasteiger partial charge in [0.15, 0.2) is 0 Å². The topological polar surface area (TPSA) is 92.2 Å². The second kappa shape index (κ2) is 3.81. The fraction of sp³-hybridized carbons (Fsp3) is 0.308. The molecule has 1 fully saturated rings. The van der Waals surface area contributed by atoms with Gasteiger partial charge in [-0.3, -0.25) is 14.2 Å². The van der Waals surface area contributed by atoms with Crippen LogP contribution in [0.5, 0.6) is 0 Å². The molecule has 3 rings (SSSR count). The first-order valence-electron chi connectivity index (χ1n) is 6.01. The Kier molecular flexibility index (Phi) is 2.35. The zero-order chi connectivity index (χ0) is 13.7. The summed E-state index contributed by atoms with van der Waals surface area (Å²) in [6, 6.07) is 4.34. The van der Waals surface area contributed by atoms with E-state index < -0.39 is 17.1 Å². The molecule has 0 saturated heterocycles. The van der Waals surface area contributed by atoms with Crippen LogP contribution in [0.4, 0.5) is 0 Å². The second-order valence-electron chi connectivity index (χ2n) is 4.95. The minimum absolute atomic E-state index is 0.0126. The number of hydrogen-bond acceptors (Lipinski definition) is 3. The standard InChI is InChI=1S/C13H12N2O4/c1-6-4-9(6)15-10-5-7(13(18)19)2-3-8(10)14-11(16)12(15)17/h2-3,5-6,9H,4H2,1H3,(H,14,16)(H,18,19). The molecular formula is C13H12N2O4. The molecule has 0 aliphatic heterocycles. The van der Waals surface area contributed by atoms with Crippen LogP contribution in [0, 0.1) is 5.92 Å². The Morgan fingerprint density at radius 2 is 2.11 bits per heavy atom. The average molecular weight is 260 g/mol. The fourth-order valence-electron chi connectivity index (χ4n) is 2.36. The molecule has 2 N–H and O–H groups in total. The van der Waals surface area contributed by atoms with Crippen molar-refractivity contribution in [3.63, 3.8) is 0 Å². The van der Waals surface area contributed by atoms with E-state index in [1.165, 1.54) is 22.8 Å². The number of aromatic carboxylic acids is 1. The van der Waals surface area contributed by atoms with Crippen LogP contribution in [0.3, 0.4) is 0 Å². The smallest absolute Gasteiger partial charge is 0.335 e. The average Bonchev–Trinajstić information content (AvgIpc) is 3.07. The Morgan fingerprint density at radius 1 is 1.42 bits per heavy atom. The number of benzene rings is 1. The van der Waals surface area contributed by atoms with Crippen LogP contribution in [0.15, 0.2) is 27.8 Å². The number of nitrogens with zero attached hydrogens (tertiary/aromatic N) is 1. The van der Waals surface area contributed by atoms with Crippen molar-refractivity contribution in [1.82, 2.24) is 9.55 Å². The van der Waals surface area contributed by atoms with Gasteiger partial charge < -0.3 is 10.1 Å². The van der Waals surface area contributed by atoms with Crippen LogP contribution in [0.2, 0.25) is 0 Å². The molecule has 0 amide bonds. The lowest BCUT2D eigenvalue weighted by Gasteiger charge is -2.09. The highest BCUT2D eigenvalue weighted by Crippen LogP contribution is 2.42. The van der Waals surface area contributed by atoms with E-state index >= 15 is 0 Å². The SMILES string of the molecule is CC1CC1n1c(=O)c(=O)[nH]c2ccc(C(=O)O)cc21. The number of hydrogen-bond donors (Lipinski definition) is 2. The van der Waals surface area contributed by atoms with E-state index in [9.17, 15) is 14.4 Å². The third kappa shape index (κ3) is 1.76. The molecule has 2 aromatic rings. The Hall–Kier alpha value is -2.37. The molecular weight excluding hydrogens is 248 g/mol. The van der Waals surface area contributed by atoms with Crippen molar-refractivity contribution in [2.75, 3.05) is 0 Å². The number of rotatable bonds is 2. The number of nitrogens with one attached hydrogen (secondary N) is 1. The summed E-state index contributed by atoms with van der Waals surface area (Å²) in [5.74, 6) is -0.730. The fourth-order valence-corrected chi connectivity index (χ4v) is 2.36. The highest BCUT2D eigenvalue weighted by Gasteiger charge is 2.36. The first-order chi connectivity index (χ1) is 8.99. The first kappa shape index (κ1) is 11.7. The van der Waals surface area contributed by atoms with Crippen molar-refractivity contribution in [3.05, 3.63) is 44.5 Å². The molecule has 0 radical (unpaired) electrons. The van der Waals surface area contributed by atoms with Crippen molar-refractivity contribution in [2.24, 2.45) is 5.92 Å². The molecule has 1 aromatic heterocycles. The van der Waals surface area contributed by atoms with Crippen molar-refractivity contribution in [1.29, 1.82) is 0 Å². The number of aromatic amines is 1. The summed E-state index contributed by atoms with van der Waals surface area (Å²) < 4.78 is 1.42. The maximum atomic E-state index is 12.0. The Labute approximate surface area is 107 Å². The van der Waals surface area contributed by atoms with Gasteiger partial charge in [-0.05, 0) is 30.5 Å². The zero-order valence-electron chi connectivity index (χ0n) is 10.2. The van der Waals surface area contributed by atoms with Crippen LogP contribution < -0.4 is 11.1 Å². The van der Waals surface area contributed by atoms with E-state index in [0.717, 1.165) is 6.42 Å². The van der Waals surface area contributed by atoms with Gasteiger partial charge in [-0.2, -0.15) is 0 Å². The highest BCUT2D eigenvalue weighted by molar-refractivity contribution is 5.92. The predicted octanol–water partition coefficient (Wildman–Crippen LogP) is 0.969. The molecule has 1 aliphatic rings. The molecule has 6 heteroatoms. The highest BCUT2D eigenvalue weighted by atomic mass is 16.4. The minimum atomic E-state index is -1.06. The molecule has 1 aliphatic carbocycles. The van der Waals surface area contributed by atoms with Crippen LogP contribution in [-0.2, 0) is 0 Å². The number of carboxylic acids is 1. The van der Waals surface area contributed by atoms with Crippen molar-refractivity contribution in [3.8, 4) is 0 Å². The molecule has 2 atom stereocenters. The minimum Gasteiger partial charge on any atom is -0.478 e. The Balaban J connectivity index is 2.38. The molecule has 1 heterocycles. The van der Waals surface area contributed by atoms with Crippen LogP contribution in [0.1, 0.15) is 29.7 Å². The maximum Gasteiger partial charge on any atom is 0.335 e. The number of aromatic nitrogens is 2. The third-order valence-electron chi connectivity index (χ3n) is 3.56.